The van der Waals surface area contributed by atoms with E-state index in [1.807, 2.05) is 17.9 Å². The maximum atomic E-state index is 12.6. The Labute approximate surface area is 173 Å². The first-order valence-electron chi connectivity index (χ1n) is 10.0. The SMILES string of the molecule is Cc1ccc(NC(=O)C2CCN(c3cc4c(cc3[N+](=O)[O-])CCC(=O)N4)CC2)nc1. The lowest BCUT2D eigenvalue weighted by atomic mass is 9.94. The largest absolute Gasteiger partial charge is 0.366 e. The van der Waals surface area contributed by atoms with Crippen LogP contribution in [0.2, 0.25) is 0 Å². The Balaban J connectivity index is 1.46. The predicted molar refractivity (Wildman–Crippen MR) is 113 cm³/mol. The Morgan fingerprint density at radius 2 is 2.03 bits per heavy atom. The minimum Gasteiger partial charge on any atom is -0.366 e. The molecule has 2 N–H and O–H groups in total. The quantitative estimate of drug-likeness (QED) is 0.592. The number of carbonyl (C=O) groups excluding carboxylic acids is 2. The third-order valence-corrected chi connectivity index (χ3v) is 5.66. The van der Waals surface area contributed by atoms with Crippen molar-refractivity contribution in [3.05, 3.63) is 51.7 Å². The summed E-state index contributed by atoms with van der Waals surface area (Å²) in [5, 5.41) is 17.3. The summed E-state index contributed by atoms with van der Waals surface area (Å²) in [5.41, 5.74) is 2.96. The molecule has 9 heteroatoms. The average molecular weight is 409 g/mol. The van der Waals surface area contributed by atoms with Crippen LogP contribution in [0, 0.1) is 23.0 Å². The molecule has 2 amide bonds. The highest BCUT2D eigenvalue weighted by Gasteiger charge is 2.30. The van der Waals surface area contributed by atoms with Crippen molar-refractivity contribution in [1.29, 1.82) is 0 Å². The minimum absolute atomic E-state index is 0.0386. The highest BCUT2D eigenvalue weighted by molar-refractivity contribution is 5.95. The van der Waals surface area contributed by atoms with Crippen molar-refractivity contribution in [3.8, 4) is 0 Å². The fraction of sp³-hybridized carbons (Fsp3) is 0.381. The van der Waals surface area contributed by atoms with Gasteiger partial charge >= 0.3 is 0 Å². The van der Waals surface area contributed by atoms with Gasteiger partial charge < -0.3 is 15.5 Å². The maximum absolute atomic E-state index is 12.6. The number of carbonyl (C=O) groups is 2. The van der Waals surface area contributed by atoms with Crippen molar-refractivity contribution >= 4 is 34.7 Å². The van der Waals surface area contributed by atoms with Crippen LogP contribution in [0.15, 0.2) is 30.5 Å². The summed E-state index contributed by atoms with van der Waals surface area (Å²) in [7, 11) is 0. The standard InChI is InChI=1S/C21H23N5O4/c1-13-2-4-19(22-12-13)24-21(28)14-6-8-25(9-7-14)17-11-16-15(3-5-20(27)23-16)10-18(17)26(29)30/h2,4,10-12,14H,3,5-9H2,1H3,(H,23,27)(H,22,24,28). The number of anilines is 3. The maximum Gasteiger partial charge on any atom is 0.292 e. The number of nitrogens with zero attached hydrogens (tertiary/aromatic N) is 3. The van der Waals surface area contributed by atoms with Gasteiger partial charge in [-0.15, -0.1) is 0 Å². The van der Waals surface area contributed by atoms with Crippen LogP contribution in [0.1, 0.15) is 30.4 Å². The molecule has 1 fully saturated rings. The second kappa shape index (κ2) is 8.10. The van der Waals surface area contributed by atoms with Crippen LogP contribution in [-0.4, -0.2) is 34.8 Å². The van der Waals surface area contributed by atoms with Crippen LogP contribution in [-0.2, 0) is 16.0 Å². The van der Waals surface area contributed by atoms with Gasteiger partial charge in [0.25, 0.3) is 5.69 Å². The second-order valence-electron chi connectivity index (χ2n) is 7.77. The van der Waals surface area contributed by atoms with Gasteiger partial charge in [-0.2, -0.15) is 0 Å². The number of fused-ring (bicyclic) bond motifs is 1. The van der Waals surface area contributed by atoms with Gasteiger partial charge in [0, 0.05) is 43.4 Å². The van der Waals surface area contributed by atoms with Crippen LogP contribution in [0.25, 0.3) is 0 Å². The number of pyridine rings is 1. The van der Waals surface area contributed by atoms with E-state index in [2.05, 4.69) is 15.6 Å². The normalized spacial score (nSPS) is 16.6. The van der Waals surface area contributed by atoms with E-state index in [9.17, 15) is 19.7 Å². The number of hydrogen-bond donors (Lipinski definition) is 2. The molecule has 1 aromatic carbocycles. The smallest absolute Gasteiger partial charge is 0.292 e. The molecule has 0 saturated carbocycles. The van der Waals surface area contributed by atoms with Gasteiger partial charge in [0.1, 0.15) is 11.5 Å². The number of hydrogen-bond acceptors (Lipinski definition) is 6. The number of amides is 2. The second-order valence-corrected chi connectivity index (χ2v) is 7.77. The lowest BCUT2D eigenvalue weighted by Gasteiger charge is -2.33. The molecule has 3 heterocycles. The van der Waals surface area contributed by atoms with Crippen molar-refractivity contribution in [1.82, 2.24) is 4.98 Å². The molecule has 1 aromatic heterocycles. The summed E-state index contributed by atoms with van der Waals surface area (Å²) < 4.78 is 0. The number of aromatic nitrogens is 1. The third kappa shape index (κ3) is 4.10. The van der Waals surface area contributed by atoms with Gasteiger partial charge in [-0.1, -0.05) is 6.07 Å². The summed E-state index contributed by atoms with van der Waals surface area (Å²) in [5.74, 6) is 0.176. The van der Waals surface area contributed by atoms with Gasteiger partial charge in [-0.3, -0.25) is 19.7 Å². The predicted octanol–water partition coefficient (Wildman–Crippen LogP) is 3.04. The van der Waals surface area contributed by atoms with Crippen LogP contribution in [0.4, 0.5) is 22.9 Å². The Hall–Kier alpha value is -3.49. The van der Waals surface area contributed by atoms with E-state index in [1.54, 1.807) is 24.4 Å². The lowest BCUT2D eigenvalue weighted by molar-refractivity contribution is -0.384. The zero-order valence-electron chi connectivity index (χ0n) is 16.7. The lowest BCUT2D eigenvalue weighted by Crippen LogP contribution is -2.38. The molecule has 0 atom stereocenters. The summed E-state index contributed by atoms with van der Waals surface area (Å²) >= 11 is 0. The van der Waals surface area contributed by atoms with Crippen molar-refractivity contribution in [2.75, 3.05) is 28.6 Å². The molecule has 2 aromatic rings. The number of nitrogens with one attached hydrogen (secondary N) is 2. The van der Waals surface area contributed by atoms with Crippen molar-refractivity contribution < 1.29 is 14.5 Å². The van der Waals surface area contributed by atoms with Crippen molar-refractivity contribution in [2.45, 2.75) is 32.6 Å². The van der Waals surface area contributed by atoms with E-state index in [0.717, 1.165) is 11.1 Å². The summed E-state index contributed by atoms with van der Waals surface area (Å²) in [4.78, 5) is 41.7. The molecule has 0 aliphatic carbocycles. The van der Waals surface area contributed by atoms with Gasteiger partial charge in [0.15, 0.2) is 0 Å². The first kappa shape index (κ1) is 19.8. The minimum atomic E-state index is -0.381. The van der Waals surface area contributed by atoms with E-state index in [-0.39, 0.29) is 28.3 Å². The highest BCUT2D eigenvalue weighted by atomic mass is 16.6. The zero-order chi connectivity index (χ0) is 21.3. The fourth-order valence-electron chi connectivity index (χ4n) is 3.96. The average Bonchev–Trinajstić information content (AvgIpc) is 2.74. The molecule has 0 radical (unpaired) electrons. The molecule has 0 bridgehead atoms. The summed E-state index contributed by atoms with van der Waals surface area (Å²) in [6, 6.07) is 6.92. The fourth-order valence-corrected chi connectivity index (χ4v) is 3.96. The number of piperidine rings is 1. The molecule has 1 saturated heterocycles. The first-order chi connectivity index (χ1) is 14.4. The van der Waals surface area contributed by atoms with Gasteiger partial charge in [0.2, 0.25) is 11.8 Å². The van der Waals surface area contributed by atoms with Crippen LogP contribution >= 0.6 is 0 Å². The molecule has 4 rings (SSSR count). The molecule has 2 aliphatic rings. The molecule has 0 spiro atoms. The van der Waals surface area contributed by atoms with Gasteiger partial charge in [0.05, 0.1) is 4.92 Å². The van der Waals surface area contributed by atoms with Crippen LogP contribution < -0.4 is 15.5 Å². The van der Waals surface area contributed by atoms with Crippen molar-refractivity contribution in [2.24, 2.45) is 5.92 Å². The van der Waals surface area contributed by atoms with E-state index >= 15 is 0 Å². The number of nitro benzene ring substituents is 1. The molecule has 2 aliphatic heterocycles. The molecular formula is C21H23N5O4. The van der Waals surface area contributed by atoms with Crippen LogP contribution in [0.3, 0.4) is 0 Å². The Bertz CT molecular complexity index is 997. The molecule has 0 unspecified atom stereocenters. The summed E-state index contributed by atoms with van der Waals surface area (Å²) in [6.07, 6.45) is 3.69. The highest BCUT2D eigenvalue weighted by Crippen LogP contribution is 2.38. The van der Waals surface area contributed by atoms with Crippen molar-refractivity contribution in [3.63, 3.8) is 0 Å². The monoisotopic (exact) mass is 409 g/mol. The number of rotatable bonds is 4. The molecule has 9 nitrogen and oxygen atoms in total. The summed E-state index contributed by atoms with van der Waals surface area (Å²) in [6.45, 7) is 2.97. The zero-order valence-corrected chi connectivity index (χ0v) is 16.7. The molecule has 30 heavy (non-hydrogen) atoms. The Morgan fingerprint density at radius 1 is 1.27 bits per heavy atom. The van der Waals surface area contributed by atoms with Crippen LogP contribution in [0.5, 0.6) is 0 Å². The topological polar surface area (TPSA) is 117 Å². The van der Waals surface area contributed by atoms with E-state index < -0.39 is 0 Å². The van der Waals surface area contributed by atoms with E-state index in [4.69, 9.17) is 0 Å². The van der Waals surface area contributed by atoms with E-state index in [1.165, 1.54) is 0 Å². The first-order valence-corrected chi connectivity index (χ1v) is 10.0. The number of benzene rings is 1. The molecule has 156 valence electrons. The third-order valence-electron chi connectivity index (χ3n) is 5.66. The number of aryl methyl sites for hydroxylation is 2. The van der Waals surface area contributed by atoms with E-state index in [0.29, 0.717) is 56.0 Å². The number of nitro groups is 1. The van der Waals surface area contributed by atoms with Gasteiger partial charge in [-0.25, -0.2) is 4.98 Å². The van der Waals surface area contributed by atoms with Gasteiger partial charge in [-0.05, 0) is 49.4 Å². The Morgan fingerprint density at radius 3 is 2.70 bits per heavy atom. The molecular weight excluding hydrogens is 386 g/mol. The Kier molecular flexibility index (Phi) is 5.35.